The highest BCUT2D eigenvalue weighted by atomic mass is 35.5. The Morgan fingerprint density at radius 1 is 0.938 bits per heavy atom. The number of hydrogen-bond donors (Lipinski definition) is 2. The number of nitrogen functional groups attached to an aromatic ring is 1. The highest BCUT2D eigenvalue weighted by Gasteiger charge is 2.18. The van der Waals surface area contributed by atoms with Gasteiger partial charge in [-0.1, -0.05) is 23.2 Å². The van der Waals surface area contributed by atoms with Crippen molar-refractivity contribution in [2.24, 2.45) is 0 Å². The lowest BCUT2D eigenvalue weighted by Gasteiger charge is -2.14. The zero-order valence-electron chi connectivity index (χ0n) is 16.2. The Morgan fingerprint density at radius 2 is 1.75 bits per heavy atom. The van der Waals surface area contributed by atoms with Gasteiger partial charge < -0.3 is 10.5 Å². The molecule has 32 heavy (non-hydrogen) atoms. The molecule has 0 aliphatic rings. The molecule has 0 saturated carbocycles. The van der Waals surface area contributed by atoms with Crippen LogP contribution in [0.15, 0.2) is 78.0 Å². The molecule has 0 spiro atoms. The van der Waals surface area contributed by atoms with E-state index in [9.17, 15) is 8.42 Å². The summed E-state index contributed by atoms with van der Waals surface area (Å²) in [7, 11) is -3.92. The van der Waals surface area contributed by atoms with Crippen molar-refractivity contribution in [2.45, 2.75) is 4.90 Å². The lowest BCUT2D eigenvalue weighted by molar-refractivity contribution is 0.484. The summed E-state index contributed by atoms with van der Waals surface area (Å²) in [6.07, 6.45) is 3.01. The number of nitrogens with zero attached hydrogens (tertiary/aromatic N) is 3. The zero-order chi connectivity index (χ0) is 22.7. The van der Waals surface area contributed by atoms with Crippen molar-refractivity contribution in [1.29, 1.82) is 0 Å². The monoisotopic (exact) mass is 487 g/mol. The average molecular weight is 488 g/mol. The Balaban J connectivity index is 1.64. The molecule has 0 atom stereocenters. The summed E-state index contributed by atoms with van der Waals surface area (Å²) in [4.78, 5) is 3.93. The maximum Gasteiger partial charge on any atom is 0.263 e. The number of aromatic nitrogens is 3. The Bertz CT molecular complexity index is 1390. The van der Waals surface area contributed by atoms with Crippen LogP contribution in [-0.4, -0.2) is 23.6 Å². The molecule has 4 aromatic rings. The zero-order valence-corrected chi connectivity index (χ0v) is 18.6. The fraction of sp³-hybridized carbons (Fsp3) is 0. The molecule has 2 aromatic carbocycles. The van der Waals surface area contributed by atoms with Gasteiger partial charge in [-0.05, 0) is 66.2 Å². The summed E-state index contributed by atoms with van der Waals surface area (Å²) in [6.45, 7) is 0. The predicted octanol–water partition coefficient (Wildman–Crippen LogP) is 5.02. The summed E-state index contributed by atoms with van der Waals surface area (Å²) in [5.74, 6) is 1.15. The van der Waals surface area contributed by atoms with E-state index in [1.165, 1.54) is 30.5 Å². The van der Waals surface area contributed by atoms with E-state index in [4.69, 9.17) is 33.7 Å². The second-order valence-corrected chi connectivity index (χ2v) is 9.04. The normalized spacial score (nSPS) is 11.2. The minimum Gasteiger partial charge on any atom is -0.455 e. The quantitative estimate of drug-likeness (QED) is 0.391. The number of nitrogens with two attached hydrogens (primary N) is 1. The highest BCUT2D eigenvalue weighted by molar-refractivity contribution is 7.92. The molecule has 2 aromatic heterocycles. The number of pyridine rings is 1. The van der Waals surface area contributed by atoms with Crippen LogP contribution in [0.2, 0.25) is 10.0 Å². The number of hydrogen-bond acceptors (Lipinski definition) is 7. The van der Waals surface area contributed by atoms with Crippen molar-refractivity contribution in [2.75, 3.05) is 10.5 Å². The van der Waals surface area contributed by atoms with Crippen molar-refractivity contribution in [3.05, 3.63) is 83.1 Å². The average Bonchev–Trinajstić information content (AvgIpc) is 2.76. The van der Waals surface area contributed by atoms with Crippen molar-refractivity contribution < 1.29 is 13.2 Å². The van der Waals surface area contributed by atoms with Gasteiger partial charge in [-0.3, -0.25) is 4.72 Å². The molecule has 0 radical (unpaired) electrons. The summed E-state index contributed by atoms with van der Waals surface area (Å²) in [6, 6.07) is 15.7. The number of anilines is 2. The minimum atomic E-state index is -3.92. The van der Waals surface area contributed by atoms with Crippen LogP contribution >= 0.6 is 23.2 Å². The van der Waals surface area contributed by atoms with Crippen LogP contribution in [0.4, 0.5) is 11.6 Å². The molecule has 11 heteroatoms. The molecular formula is C21H15Cl2N5O3S. The van der Waals surface area contributed by atoms with E-state index >= 15 is 0 Å². The van der Waals surface area contributed by atoms with Gasteiger partial charge >= 0.3 is 0 Å². The van der Waals surface area contributed by atoms with Crippen molar-refractivity contribution in [1.82, 2.24) is 15.2 Å². The molecule has 0 aliphatic carbocycles. The summed E-state index contributed by atoms with van der Waals surface area (Å²) in [5.41, 5.74) is 7.21. The standard InChI is InChI=1S/C21H15Cl2N5O3S/c22-14-3-5-18(16(11-14)13-7-9-25-20(24)10-13)31-19-6-4-15(12-17(19)23)32(29,30)28-21-2-1-8-26-27-21/h1-12H,(H2,24,25)(H,27,28). The minimum absolute atomic E-state index is 0.0567. The first-order chi connectivity index (χ1) is 15.3. The second kappa shape index (κ2) is 8.99. The SMILES string of the molecule is Nc1cc(-c2cc(Cl)ccc2Oc2ccc(S(=O)(=O)Nc3cccnn3)cc2Cl)ccn1. The largest absolute Gasteiger partial charge is 0.455 e. The Kier molecular flexibility index (Phi) is 6.13. The molecule has 0 amide bonds. The third-order valence-corrected chi connectivity index (χ3v) is 6.16. The van der Waals surface area contributed by atoms with Crippen molar-refractivity contribution >= 4 is 44.9 Å². The van der Waals surface area contributed by atoms with Crippen molar-refractivity contribution in [3.63, 3.8) is 0 Å². The number of sulfonamides is 1. The first-order valence-corrected chi connectivity index (χ1v) is 11.3. The number of ether oxygens (including phenoxy) is 1. The molecule has 0 fully saturated rings. The van der Waals surface area contributed by atoms with Gasteiger partial charge in [-0.2, -0.15) is 5.10 Å². The number of benzene rings is 2. The lowest BCUT2D eigenvalue weighted by Crippen LogP contribution is -2.14. The van der Waals surface area contributed by atoms with Crippen molar-refractivity contribution in [3.8, 4) is 22.6 Å². The van der Waals surface area contributed by atoms with E-state index < -0.39 is 10.0 Å². The highest BCUT2D eigenvalue weighted by Crippen LogP contribution is 2.38. The van der Waals surface area contributed by atoms with Crippen LogP contribution < -0.4 is 15.2 Å². The topological polar surface area (TPSA) is 120 Å². The third-order valence-electron chi connectivity index (χ3n) is 4.28. The summed E-state index contributed by atoms with van der Waals surface area (Å²) < 4.78 is 33.6. The van der Waals surface area contributed by atoms with Gasteiger partial charge in [0.15, 0.2) is 5.82 Å². The summed E-state index contributed by atoms with van der Waals surface area (Å²) >= 11 is 12.5. The number of rotatable bonds is 6. The van der Waals surface area contributed by atoms with Gasteiger partial charge in [0, 0.05) is 23.0 Å². The van der Waals surface area contributed by atoms with E-state index in [1.807, 2.05) is 0 Å². The van der Waals surface area contributed by atoms with E-state index in [-0.39, 0.29) is 21.5 Å². The summed E-state index contributed by atoms with van der Waals surface area (Å²) in [5, 5.41) is 7.96. The predicted molar refractivity (Wildman–Crippen MR) is 123 cm³/mol. The second-order valence-electron chi connectivity index (χ2n) is 6.52. The lowest BCUT2D eigenvalue weighted by atomic mass is 10.1. The number of halogens is 2. The Hall–Kier alpha value is -3.40. The molecule has 4 rings (SSSR count). The smallest absolute Gasteiger partial charge is 0.263 e. The molecule has 3 N–H and O–H groups in total. The van der Waals surface area contributed by atoms with Crippen LogP contribution in [0.1, 0.15) is 0 Å². The maximum absolute atomic E-state index is 12.6. The Labute approximate surface area is 194 Å². The molecular weight excluding hydrogens is 473 g/mol. The van der Waals surface area contributed by atoms with Crippen LogP contribution in [0.25, 0.3) is 11.1 Å². The van der Waals surface area contributed by atoms with Gasteiger partial charge in [0.2, 0.25) is 0 Å². The van der Waals surface area contributed by atoms with E-state index in [0.717, 1.165) is 5.56 Å². The van der Waals surface area contributed by atoms with Crippen LogP contribution in [0.3, 0.4) is 0 Å². The van der Waals surface area contributed by atoms with E-state index in [2.05, 4.69) is 19.9 Å². The van der Waals surface area contributed by atoms with Crippen LogP contribution in [0, 0.1) is 0 Å². The van der Waals surface area contributed by atoms with Crippen LogP contribution in [-0.2, 0) is 10.0 Å². The van der Waals surface area contributed by atoms with Gasteiger partial charge in [0.25, 0.3) is 10.0 Å². The molecule has 8 nitrogen and oxygen atoms in total. The molecule has 162 valence electrons. The van der Waals surface area contributed by atoms with Gasteiger partial charge in [-0.15, -0.1) is 5.10 Å². The third kappa shape index (κ3) is 4.91. The first-order valence-electron chi connectivity index (χ1n) is 9.11. The van der Waals surface area contributed by atoms with E-state index in [1.54, 1.807) is 42.6 Å². The Morgan fingerprint density at radius 3 is 2.47 bits per heavy atom. The number of nitrogens with one attached hydrogen (secondary N) is 1. The molecule has 0 unspecified atom stereocenters. The van der Waals surface area contributed by atoms with Gasteiger partial charge in [0.1, 0.15) is 17.3 Å². The van der Waals surface area contributed by atoms with Crippen LogP contribution in [0.5, 0.6) is 11.5 Å². The van der Waals surface area contributed by atoms with Gasteiger partial charge in [0.05, 0.1) is 9.92 Å². The molecule has 0 aliphatic heterocycles. The fourth-order valence-corrected chi connectivity index (χ4v) is 4.31. The molecule has 2 heterocycles. The fourth-order valence-electron chi connectivity index (χ4n) is 2.84. The molecule has 0 bridgehead atoms. The molecule has 0 saturated heterocycles. The van der Waals surface area contributed by atoms with E-state index in [0.29, 0.717) is 22.2 Å². The first kappa shape index (κ1) is 21.8. The maximum atomic E-state index is 12.6. The van der Waals surface area contributed by atoms with Gasteiger partial charge in [-0.25, -0.2) is 13.4 Å².